The van der Waals surface area contributed by atoms with Crippen LogP contribution in [0.3, 0.4) is 0 Å². The van der Waals surface area contributed by atoms with Crippen molar-refractivity contribution in [1.82, 2.24) is 10.3 Å². The van der Waals surface area contributed by atoms with Crippen LogP contribution in [0, 0.1) is 5.92 Å². The maximum absolute atomic E-state index is 5.60. The van der Waals surface area contributed by atoms with Gasteiger partial charge in [0.1, 0.15) is 11.1 Å². The largest absolute Gasteiger partial charge is 0.374 e. The molecular weight excluding hydrogens is 256 g/mol. The zero-order valence-corrected chi connectivity index (χ0v) is 14.1. The molecule has 1 aromatic rings. The van der Waals surface area contributed by atoms with Crippen molar-refractivity contribution in [1.29, 1.82) is 0 Å². The van der Waals surface area contributed by atoms with Gasteiger partial charge in [0.25, 0.3) is 0 Å². The molecule has 0 aromatic carbocycles. The van der Waals surface area contributed by atoms with Crippen LogP contribution < -0.4 is 5.32 Å². The van der Waals surface area contributed by atoms with Crippen molar-refractivity contribution in [3.8, 4) is 0 Å². The zero-order chi connectivity index (χ0) is 14.6. The number of methoxy groups -OCH3 is 1. The van der Waals surface area contributed by atoms with Gasteiger partial charge in [-0.1, -0.05) is 41.5 Å². The lowest BCUT2D eigenvalue weighted by Gasteiger charge is -2.16. The van der Waals surface area contributed by atoms with Crippen LogP contribution >= 0.6 is 11.3 Å². The molecule has 0 spiro atoms. The summed E-state index contributed by atoms with van der Waals surface area (Å²) >= 11 is 1.79. The molecule has 19 heavy (non-hydrogen) atoms. The fraction of sp³-hybridized carbons (Fsp3) is 0.800. The molecule has 0 saturated carbocycles. The van der Waals surface area contributed by atoms with Crippen molar-refractivity contribution in [3.05, 3.63) is 15.6 Å². The average Bonchev–Trinajstić information content (AvgIpc) is 2.71. The minimum atomic E-state index is 0.107. The first-order valence-corrected chi connectivity index (χ1v) is 7.94. The van der Waals surface area contributed by atoms with Crippen LogP contribution in [0.2, 0.25) is 0 Å². The molecule has 0 radical (unpaired) electrons. The Kier molecular flexibility index (Phi) is 6.43. The predicted octanol–water partition coefficient (Wildman–Crippen LogP) is 4.11. The third kappa shape index (κ3) is 4.55. The number of nitrogens with zero attached hydrogens (tertiary/aromatic N) is 1. The molecule has 1 heterocycles. The van der Waals surface area contributed by atoms with E-state index in [0.29, 0.717) is 17.9 Å². The van der Waals surface area contributed by atoms with Crippen molar-refractivity contribution in [2.75, 3.05) is 7.11 Å². The molecule has 1 N–H and O–H groups in total. The van der Waals surface area contributed by atoms with Crippen molar-refractivity contribution < 1.29 is 4.74 Å². The van der Waals surface area contributed by atoms with Crippen molar-refractivity contribution in [3.63, 3.8) is 0 Å². The molecular formula is C15H28N2OS. The summed E-state index contributed by atoms with van der Waals surface area (Å²) in [4.78, 5) is 6.18. The standard InChI is InChI=1S/C15H28N2OS/c1-9(2)13-12(8-16-11(5)6)19-15(17-13)14(18-7)10(3)4/h9-11,14,16H,8H2,1-7H3. The monoisotopic (exact) mass is 284 g/mol. The molecule has 0 aliphatic carbocycles. The van der Waals surface area contributed by atoms with E-state index < -0.39 is 0 Å². The van der Waals surface area contributed by atoms with E-state index in [2.05, 4.69) is 46.9 Å². The van der Waals surface area contributed by atoms with Crippen LogP contribution in [-0.2, 0) is 11.3 Å². The summed E-state index contributed by atoms with van der Waals surface area (Å²) in [6, 6.07) is 0.494. The second kappa shape index (κ2) is 7.36. The Labute approximate surface area is 121 Å². The molecule has 1 atom stereocenters. The number of hydrogen-bond acceptors (Lipinski definition) is 4. The molecule has 1 rings (SSSR count). The van der Waals surface area contributed by atoms with E-state index in [1.807, 2.05) is 0 Å². The van der Waals surface area contributed by atoms with Crippen LogP contribution in [0.1, 0.15) is 69.1 Å². The fourth-order valence-corrected chi connectivity index (χ4v) is 3.46. The summed E-state index contributed by atoms with van der Waals surface area (Å²) in [7, 11) is 1.77. The quantitative estimate of drug-likeness (QED) is 0.818. The highest BCUT2D eigenvalue weighted by Crippen LogP contribution is 2.33. The van der Waals surface area contributed by atoms with Crippen molar-refractivity contribution in [2.45, 2.75) is 66.2 Å². The van der Waals surface area contributed by atoms with Gasteiger partial charge in [-0.15, -0.1) is 11.3 Å². The Morgan fingerprint density at radius 3 is 2.21 bits per heavy atom. The van der Waals surface area contributed by atoms with E-state index in [9.17, 15) is 0 Å². The Hall–Kier alpha value is -0.450. The average molecular weight is 284 g/mol. The molecule has 1 aromatic heterocycles. The lowest BCUT2D eigenvalue weighted by atomic mass is 10.1. The second-order valence-corrected chi connectivity index (χ2v) is 7.07. The van der Waals surface area contributed by atoms with E-state index in [-0.39, 0.29) is 6.10 Å². The summed E-state index contributed by atoms with van der Waals surface area (Å²) in [5.41, 5.74) is 1.22. The van der Waals surface area contributed by atoms with Gasteiger partial charge in [0.2, 0.25) is 0 Å². The zero-order valence-electron chi connectivity index (χ0n) is 13.3. The highest BCUT2D eigenvalue weighted by atomic mass is 32.1. The van der Waals surface area contributed by atoms with Gasteiger partial charge in [0.05, 0.1) is 5.69 Å². The van der Waals surface area contributed by atoms with Crippen molar-refractivity contribution in [2.24, 2.45) is 5.92 Å². The molecule has 0 fully saturated rings. The number of ether oxygens (including phenoxy) is 1. The van der Waals surface area contributed by atoms with Crippen LogP contribution in [0.4, 0.5) is 0 Å². The third-order valence-electron chi connectivity index (χ3n) is 3.06. The van der Waals surface area contributed by atoms with Gasteiger partial charge in [-0.05, 0) is 11.8 Å². The van der Waals surface area contributed by atoms with E-state index in [1.54, 1.807) is 18.4 Å². The van der Waals surface area contributed by atoms with Crippen LogP contribution in [0.15, 0.2) is 0 Å². The third-order valence-corrected chi connectivity index (χ3v) is 4.20. The highest BCUT2D eigenvalue weighted by Gasteiger charge is 2.22. The first-order valence-electron chi connectivity index (χ1n) is 7.12. The normalized spacial score (nSPS) is 13.8. The molecule has 0 bridgehead atoms. The fourth-order valence-electron chi connectivity index (χ4n) is 2.04. The maximum Gasteiger partial charge on any atom is 0.122 e. The molecule has 4 heteroatoms. The minimum absolute atomic E-state index is 0.107. The van der Waals surface area contributed by atoms with Gasteiger partial charge in [0, 0.05) is 24.6 Å². The molecule has 110 valence electrons. The highest BCUT2D eigenvalue weighted by molar-refractivity contribution is 7.11. The Bertz CT molecular complexity index is 385. The van der Waals surface area contributed by atoms with Gasteiger partial charge in [-0.2, -0.15) is 0 Å². The van der Waals surface area contributed by atoms with E-state index in [4.69, 9.17) is 9.72 Å². The summed E-state index contributed by atoms with van der Waals surface area (Å²) in [5.74, 6) is 0.903. The van der Waals surface area contributed by atoms with Crippen LogP contribution in [0.5, 0.6) is 0 Å². The number of nitrogens with one attached hydrogen (secondary N) is 1. The smallest absolute Gasteiger partial charge is 0.122 e. The van der Waals surface area contributed by atoms with E-state index in [0.717, 1.165) is 11.6 Å². The topological polar surface area (TPSA) is 34.1 Å². The molecule has 0 saturated heterocycles. The van der Waals surface area contributed by atoms with Gasteiger partial charge in [0.15, 0.2) is 0 Å². The number of hydrogen-bond donors (Lipinski definition) is 1. The number of thiazole rings is 1. The van der Waals surface area contributed by atoms with E-state index >= 15 is 0 Å². The maximum atomic E-state index is 5.60. The molecule has 0 amide bonds. The van der Waals surface area contributed by atoms with Gasteiger partial charge in [-0.3, -0.25) is 0 Å². The van der Waals surface area contributed by atoms with Gasteiger partial charge < -0.3 is 10.1 Å². The second-order valence-electron chi connectivity index (χ2n) is 5.95. The predicted molar refractivity (Wildman–Crippen MR) is 82.8 cm³/mol. The molecule has 3 nitrogen and oxygen atoms in total. The summed E-state index contributed by atoms with van der Waals surface area (Å²) in [5, 5.41) is 4.60. The summed E-state index contributed by atoms with van der Waals surface area (Å²) < 4.78 is 5.60. The number of aromatic nitrogens is 1. The first-order chi connectivity index (χ1) is 8.86. The van der Waals surface area contributed by atoms with Crippen LogP contribution in [0.25, 0.3) is 0 Å². The lowest BCUT2D eigenvalue weighted by Crippen LogP contribution is -2.22. The van der Waals surface area contributed by atoms with Crippen LogP contribution in [-0.4, -0.2) is 18.1 Å². The summed E-state index contributed by atoms with van der Waals surface area (Å²) in [6.45, 7) is 14.0. The number of rotatable bonds is 7. The Morgan fingerprint density at radius 1 is 1.16 bits per heavy atom. The molecule has 0 aliphatic heterocycles. The molecule has 1 unspecified atom stereocenters. The van der Waals surface area contributed by atoms with Crippen molar-refractivity contribution >= 4 is 11.3 Å². The van der Waals surface area contributed by atoms with Gasteiger partial charge in [-0.25, -0.2) is 4.98 Å². The minimum Gasteiger partial charge on any atom is -0.374 e. The molecule has 0 aliphatic rings. The SMILES string of the molecule is COC(c1nc(C(C)C)c(CNC(C)C)s1)C(C)C. The Morgan fingerprint density at radius 2 is 1.79 bits per heavy atom. The Balaban J connectivity index is 2.99. The summed E-state index contributed by atoms with van der Waals surface area (Å²) in [6.07, 6.45) is 0.107. The van der Waals surface area contributed by atoms with E-state index in [1.165, 1.54) is 10.6 Å². The lowest BCUT2D eigenvalue weighted by molar-refractivity contribution is 0.0643. The van der Waals surface area contributed by atoms with Gasteiger partial charge >= 0.3 is 0 Å². The first kappa shape index (κ1) is 16.6.